The summed E-state index contributed by atoms with van der Waals surface area (Å²) in [6.07, 6.45) is -2.48. The van der Waals surface area contributed by atoms with E-state index in [2.05, 4.69) is 5.32 Å². The second kappa shape index (κ2) is 12.4. The maximum absolute atomic E-state index is 14.1. The van der Waals surface area contributed by atoms with E-state index in [1.54, 1.807) is 12.1 Å². The molecule has 1 aromatic rings. The van der Waals surface area contributed by atoms with Crippen LogP contribution >= 0.6 is 0 Å². The van der Waals surface area contributed by atoms with Gasteiger partial charge in [-0.25, -0.2) is 4.79 Å². The third-order valence-electron chi connectivity index (χ3n) is 7.44. The van der Waals surface area contributed by atoms with Gasteiger partial charge < -0.3 is 41.5 Å². The Morgan fingerprint density at radius 1 is 1.00 bits per heavy atom. The lowest BCUT2D eigenvalue weighted by molar-refractivity contribution is -0.153. The van der Waals surface area contributed by atoms with Gasteiger partial charge in [-0.05, 0) is 45.1 Å². The smallest absolute Gasteiger partial charge is 0.405 e. The van der Waals surface area contributed by atoms with Crippen LogP contribution in [-0.2, 0) is 25.6 Å². The molecule has 0 spiro atoms. The van der Waals surface area contributed by atoms with Gasteiger partial charge in [0.15, 0.2) is 0 Å². The van der Waals surface area contributed by atoms with Crippen molar-refractivity contribution in [1.82, 2.24) is 20.4 Å². The normalized spacial score (nSPS) is 23.9. The summed E-state index contributed by atoms with van der Waals surface area (Å²) in [4.78, 5) is 67.0. The van der Waals surface area contributed by atoms with Crippen molar-refractivity contribution in [3.05, 3.63) is 35.9 Å². The molecule has 1 aromatic carbocycles. The van der Waals surface area contributed by atoms with Crippen LogP contribution < -0.4 is 16.4 Å². The molecule has 2 fully saturated rings. The number of aliphatic hydroxyl groups is 2. The number of likely N-dealkylation sites (tertiary alicyclic amines) is 2. The minimum atomic E-state index is -1.49. The fraction of sp³-hybridized carbons (Fsp3) is 0.577. The molecule has 3 rings (SSSR count). The molecule has 0 aliphatic carbocycles. The monoisotopic (exact) mass is 547 g/mol. The lowest BCUT2D eigenvalue weighted by atomic mass is 9.86. The molecular weight excluding hydrogens is 510 g/mol. The van der Waals surface area contributed by atoms with Crippen LogP contribution in [-0.4, -0.2) is 104 Å². The summed E-state index contributed by atoms with van der Waals surface area (Å²) in [5.74, 6) is -2.79. The van der Waals surface area contributed by atoms with Gasteiger partial charge in [-0.1, -0.05) is 30.3 Å². The minimum Gasteiger partial charge on any atom is -0.465 e. The molecule has 2 aliphatic heterocycles. The summed E-state index contributed by atoms with van der Waals surface area (Å²) in [6, 6.07) is 5.23. The number of nitrogens with one attached hydrogen (secondary N) is 2. The molecule has 39 heavy (non-hydrogen) atoms. The number of primary amides is 1. The first-order valence-electron chi connectivity index (χ1n) is 13.0. The number of nitrogens with two attached hydrogens (primary N) is 1. The average Bonchev–Trinajstić information content (AvgIpc) is 3.53. The van der Waals surface area contributed by atoms with Crippen molar-refractivity contribution in [3.8, 4) is 0 Å². The van der Waals surface area contributed by atoms with Crippen molar-refractivity contribution in [3.63, 3.8) is 0 Å². The highest BCUT2D eigenvalue weighted by Gasteiger charge is 2.53. The van der Waals surface area contributed by atoms with Crippen molar-refractivity contribution in [2.24, 2.45) is 5.73 Å². The van der Waals surface area contributed by atoms with E-state index >= 15 is 0 Å². The average molecular weight is 548 g/mol. The minimum absolute atomic E-state index is 0.119. The first kappa shape index (κ1) is 29.8. The predicted molar refractivity (Wildman–Crippen MR) is 138 cm³/mol. The van der Waals surface area contributed by atoms with E-state index in [0.717, 1.165) is 5.56 Å². The molecule has 6 atom stereocenters. The number of carboxylic acid groups (broad SMARTS) is 1. The zero-order valence-corrected chi connectivity index (χ0v) is 22.1. The van der Waals surface area contributed by atoms with Crippen LogP contribution in [0.5, 0.6) is 0 Å². The Balaban J connectivity index is 1.96. The van der Waals surface area contributed by atoms with Crippen LogP contribution in [0, 0.1) is 0 Å². The highest BCUT2D eigenvalue weighted by atomic mass is 16.4. The summed E-state index contributed by atoms with van der Waals surface area (Å²) >= 11 is 0. The molecular formula is C26H37N5O8. The third kappa shape index (κ3) is 6.48. The molecule has 0 bridgehead atoms. The largest absolute Gasteiger partial charge is 0.465 e. The second-order valence-electron chi connectivity index (χ2n) is 10.2. The molecule has 5 amide bonds. The first-order chi connectivity index (χ1) is 18.4. The van der Waals surface area contributed by atoms with Gasteiger partial charge in [-0.3, -0.25) is 19.2 Å². The summed E-state index contributed by atoms with van der Waals surface area (Å²) in [5, 5.41) is 33.8. The highest BCUT2D eigenvalue weighted by Crippen LogP contribution is 2.36. The number of aliphatic hydroxyl groups excluding tert-OH is 2. The molecule has 0 aromatic heterocycles. The van der Waals surface area contributed by atoms with Gasteiger partial charge in [0, 0.05) is 19.5 Å². The van der Waals surface area contributed by atoms with Crippen LogP contribution in [0.4, 0.5) is 4.79 Å². The number of carbonyl (C=O) groups excluding carboxylic acids is 4. The van der Waals surface area contributed by atoms with Crippen LogP contribution in [0.3, 0.4) is 0 Å². The maximum atomic E-state index is 14.1. The van der Waals surface area contributed by atoms with Crippen molar-refractivity contribution < 1.29 is 39.3 Å². The fourth-order valence-electron chi connectivity index (χ4n) is 5.51. The van der Waals surface area contributed by atoms with Gasteiger partial charge in [0.25, 0.3) is 0 Å². The Kier molecular flexibility index (Phi) is 9.51. The van der Waals surface area contributed by atoms with E-state index in [1.165, 1.54) is 23.6 Å². The Bertz CT molecular complexity index is 1080. The van der Waals surface area contributed by atoms with Crippen molar-refractivity contribution in [2.75, 3.05) is 13.1 Å². The Morgan fingerprint density at radius 3 is 2.21 bits per heavy atom. The van der Waals surface area contributed by atoms with Gasteiger partial charge in [-0.15, -0.1) is 0 Å². The van der Waals surface area contributed by atoms with E-state index in [1.807, 2.05) is 23.5 Å². The third-order valence-corrected chi connectivity index (χ3v) is 7.44. The standard InChI is InChI=1S/C26H37N5O8/c1-15(32)19(21(27)34)28-24(37)26(14-17-8-4-3-5-9-17)11-7-13-31(26)22(35)18-10-6-12-30(18)23(36)20(16(2)33)29-25(38)39/h3-5,8-9,15-16,18-20,29,32-33H,6-7,10-14H2,1-2H3,(H2,27,34)(H,28,37)(H,38,39)/t15-,16-,18?,19+,20+,26?/m1/s1. The predicted octanol–water partition coefficient (Wildman–Crippen LogP) is -1.05. The summed E-state index contributed by atoms with van der Waals surface area (Å²) in [5.41, 5.74) is 4.74. The van der Waals surface area contributed by atoms with E-state index in [4.69, 9.17) is 10.8 Å². The molecule has 0 radical (unpaired) electrons. The second-order valence-corrected chi connectivity index (χ2v) is 10.2. The van der Waals surface area contributed by atoms with E-state index in [9.17, 15) is 34.2 Å². The van der Waals surface area contributed by atoms with Crippen LogP contribution in [0.2, 0.25) is 0 Å². The van der Waals surface area contributed by atoms with Crippen LogP contribution in [0.1, 0.15) is 45.1 Å². The number of amides is 5. The van der Waals surface area contributed by atoms with Gasteiger partial charge in [0.2, 0.25) is 23.6 Å². The summed E-state index contributed by atoms with van der Waals surface area (Å²) in [6.45, 7) is 2.99. The summed E-state index contributed by atoms with van der Waals surface area (Å²) < 4.78 is 0. The van der Waals surface area contributed by atoms with Gasteiger partial charge >= 0.3 is 6.09 Å². The van der Waals surface area contributed by atoms with E-state index < -0.39 is 65.6 Å². The zero-order chi connectivity index (χ0) is 28.9. The quantitative estimate of drug-likeness (QED) is 0.213. The number of benzene rings is 1. The molecule has 214 valence electrons. The topological polar surface area (TPSA) is 203 Å². The Labute approximate surface area is 226 Å². The lowest BCUT2D eigenvalue weighted by Crippen LogP contribution is -2.65. The number of hydrogen-bond donors (Lipinski definition) is 6. The molecule has 2 unspecified atom stereocenters. The number of nitrogens with zero attached hydrogens (tertiary/aromatic N) is 2. The molecule has 2 heterocycles. The van der Waals surface area contributed by atoms with Crippen LogP contribution in [0.25, 0.3) is 0 Å². The maximum Gasteiger partial charge on any atom is 0.405 e. The number of hydrogen-bond acceptors (Lipinski definition) is 7. The molecule has 13 heteroatoms. The lowest BCUT2D eigenvalue weighted by Gasteiger charge is -2.41. The molecule has 2 aliphatic rings. The molecule has 7 N–H and O–H groups in total. The Morgan fingerprint density at radius 2 is 1.64 bits per heavy atom. The van der Waals surface area contributed by atoms with Gasteiger partial charge in [0.05, 0.1) is 12.2 Å². The van der Waals surface area contributed by atoms with Gasteiger partial charge in [0.1, 0.15) is 23.7 Å². The summed E-state index contributed by atoms with van der Waals surface area (Å²) in [7, 11) is 0. The van der Waals surface area contributed by atoms with Crippen molar-refractivity contribution in [1.29, 1.82) is 0 Å². The molecule has 0 saturated carbocycles. The molecule has 2 saturated heterocycles. The number of carbonyl (C=O) groups is 5. The SMILES string of the molecule is C[C@@H](O)[C@H](NC(=O)C1(Cc2ccccc2)CCCN1C(=O)C1CCCN1C(=O)[C@@H](NC(=O)O)[C@@H](C)O)C(N)=O. The van der Waals surface area contributed by atoms with E-state index in [-0.39, 0.29) is 25.9 Å². The Hall–Kier alpha value is -3.71. The van der Waals surface area contributed by atoms with Crippen LogP contribution in [0.15, 0.2) is 30.3 Å². The van der Waals surface area contributed by atoms with Crippen molar-refractivity contribution >= 4 is 29.7 Å². The van der Waals surface area contributed by atoms with E-state index in [0.29, 0.717) is 19.3 Å². The van der Waals surface area contributed by atoms with Gasteiger partial charge in [-0.2, -0.15) is 0 Å². The zero-order valence-electron chi connectivity index (χ0n) is 22.1. The number of rotatable bonds is 10. The van der Waals surface area contributed by atoms with Crippen molar-refractivity contribution in [2.45, 2.75) is 81.8 Å². The fourth-order valence-corrected chi connectivity index (χ4v) is 5.51. The highest BCUT2D eigenvalue weighted by molar-refractivity contribution is 5.98. The molecule has 13 nitrogen and oxygen atoms in total. The first-order valence-corrected chi connectivity index (χ1v) is 13.0.